The first-order chi connectivity index (χ1) is 7.91. The van der Waals surface area contributed by atoms with Crippen molar-refractivity contribution < 1.29 is 9.52 Å². The molecule has 0 saturated heterocycles. The fourth-order valence-corrected chi connectivity index (χ4v) is 1.60. The van der Waals surface area contributed by atoms with Crippen LogP contribution in [0, 0.1) is 0 Å². The zero-order valence-electron chi connectivity index (χ0n) is 10.4. The van der Waals surface area contributed by atoms with Gasteiger partial charge in [0.1, 0.15) is 5.52 Å². The van der Waals surface area contributed by atoms with E-state index in [1.807, 2.05) is 18.2 Å². The van der Waals surface area contributed by atoms with Crippen LogP contribution in [0.25, 0.3) is 11.1 Å². The average molecular weight is 234 g/mol. The quantitative estimate of drug-likeness (QED) is 0.834. The molecule has 0 fully saturated rings. The molecule has 0 saturated carbocycles. The van der Waals surface area contributed by atoms with Crippen LogP contribution in [0.3, 0.4) is 0 Å². The van der Waals surface area contributed by atoms with E-state index in [2.05, 4.69) is 25.8 Å². The molecule has 0 spiro atoms. The second-order valence-corrected chi connectivity index (χ2v) is 5.29. The van der Waals surface area contributed by atoms with E-state index >= 15 is 0 Å². The van der Waals surface area contributed by atoms with Crippen LogP contribution in [0.15, 0.2) is 22.6 Å². The molecule has 0 aliphatic rings. The van der Waals surface area contributed by atoms with E-state index in [4.69, 9.17) is 15.3 Å². The maximum Gasteiger partial charge on any atom is 0.200 e. The van der Waals surface area contributed by atoms with E-state index in [9.17, 15) is 0 Å². The molecule has 3 N–H and O–H groups in total. The highest BCUT2D eigenvalue weighted by atomic mass is 16.3. The minimum Gasteiger partial charge on any atom is -0.440 e. The van der Waals surface area contributed by atoms with Gasteiger partial charge in [0.2, 0.25) is 5.89 Å². The van der Waals surface area contributed by atoms with Crippen molar-refractivity contribution in [1.29, 1.82) is 0 Å². The summed E-state index contributed by atoms with van der Waals surface area (Å²) in [7, 11) is 0. The second kappa shape index (κ2) is 4.13. The SMILES string of the molecule is CC(C)(C)c1nc2cc(C(N)CO)ccc2o1. The normalized spacial score (nSPS) is 14.2. The van der Waals surface area contributed by atoms with Gasteiger partial charge in [0.15, 0.2) is 5.58 Å². The fourth-order valence-electron chi connectivity index (χ4n) is 1.60. The number of aromatic nitrogens is 1. The summed E-state index contributed by atoms with van der Waals surface area (Å²) in [5, 5.41) is 9.03. The Hall–Kier alpha value is -1.39. The Morgan fingerprint density at radius 2 is 2.12 bits per heavy atom. The third-order valence-electron chi connectivity index (χ3n) is 2.68. The van der Waals surface area contributed by atoms with E-state index in [0.29, 0.717) is 5.89 Å². The summed E-state index contributed by atoms with van der Waals surface area (Å²) < 4.78 is 5.69. The van der Waals surface area contributed by atoms with E-state index in [-0.39, 0.29) is 18.1 Å². The van der Waals surface area contributed by atoms with Crippen LogP contribution in [0.4, 0.5) is 0 Å². The first-order valence-corrected chi connectivity index (χ1v) is 5.69. The van der Waals surface area contributed by atoms with Gasteiger partial charge in [-0.15, -0.1) is 0 Å². The van der Waals surface area contributed by atoms with Crippen molar-refractivity contribution in [3.05, 3.63) is 29.7 Å². The molecule has 0 bridgehead atoms. The standard InChI is InChI=1S/C13H18N2O2/c1-13(2,3)12-15-10-6-8(9(14)7-16)4-5-11(10)17-12/h4-6,9,16H,7,14H2,1-3H3. The number of oxazole rings is 1. The lowest BCUT2D eigenvalue weighted by Gasteiger charge is -2.11. The number of nitrogens with two attached hydrogens (primary N) is 1. The Labute approximate surface area is 100 Å². The number of fused-ring (bicyclic) bond motifs is 1. The highest BCUT2D eigenvalue weighted by molar-refractivity contribution is 5.73. The van der Waals surface area contributed by atoms with Gasteiger partial charge in [0.25, 0.3) is 0 Å². The van der Waals surface area contributed by atoms with Gasteiger partial charge < -0.3 is 15.3 Å². The van der Waals surface area contributed by atoms with E-state index in [1.54, 1.807) is 0 Å². The van der Waals surface area contributed by atoms with Gasteiger partial charge in [-0.2, -0.15) is 0 Å². The van der Waals surface area contributed by atoms with Crippen molar-refractivity contribution in [2.45, 2.75) is 32.2 Å². The molecule has 4 nitrogen and oxygen atoms in total. The van der Waals surface area contributed by atoms with Gasteiger partial charge in [-0.05, 0) is 17.7 Å². The zero-order valence-corrected chi connectivity index (χ0v) is 10.4. The number of rotatable bonds is 2. The number of benzene rings is 1. The maximum absolute atomic E-state index is 9.03. The van der Waals surface area contributed by atoms with Gasteiger partial charge in [-0.3, -0.25) is 0 Å². The average Bonchev–Trinajstić information content (AvgIpc) is 2.70. The fraction of sp³-hybridized carbons (Fsp3) is 0.462. The molecule has 0 aliphatic carbocycles. The Morgan fingerprint density at radius 1 is 1.41 bits per heavy atom. The topological polar surface area (TPSA) is 72.3 Å². The predicted octanol–water partition coefficient (Wildman–Crippen LogP) is 2.12. The van der Waals surface area contributed by atoms with Crippen molar-refractivity contribution >= 4 is 11.1 Å². The van der Waals surface area contributed by atoms with Crippen LogP contribution in [0.1, 0.15) is 38.3 Å². The Balaban J connectivity index is 2.48. The summed E-state index contributed by atoms with van der Waals surface area (Å²) in [5.74, 6) is 0.710. The molecule has 1 aromatic carbocycles. The molecular weight excluding hydrogens is 216 g/mol. The van der Waals surface area contributed by atoms with E-state index in [0.717, 1.165) is 16.7 Å². The predicted molar refractivity (Wildman–Crippen MR) is 66.7 cm³/mol. The van der Waals surface area contributed by atoms with Crippen LogP contribution in [-0.2, 0) is 5.41 Å². The minimum absolute atomic E-state index is 0.0739. The highest BCUT2D eigenvalue weighted by Crippen LogP contribution is 2.27. The third-order valence-corrected chi connectivity index (χ3v) is 2.68. The lowest BCUT2D eigenvalue weighted by molar-refractivity contribution is 0.268. The molecule has 0 amide bonds. The maximum atomic E-state index is 9.03. The number of hydrogen-bond acceptors (Lipinski definition) is 4. The largest absolute Gasteiger partial charge is 0.440 e. The van der Waals surface area contributed by atoms with Crippen LogP contribution in [0.2, 0.25) is 0 Å². The monoisotopic (exact) mass is 234 g/mol. The molecular formula is C13H18N2O2. The molecule has 0 radical (unpaired) electrons. The van der Waals surface area contributed by atoms with Crippen LogP contribution in [-0.4, -0.2) is 16.7 Å². The molecule has 1 unspecified atom stereocenters. The number of nitrogens with zero attached hydrogens (tertiary/aromatic N) is 1. The second-order valence-electron chi connectivity index (χ2n) is 5.29. The molecule has 92 valence electrons. The summed E-state index contributed by atoms with van der Waals surface area (Å²) in [4.78, 5) is 4.46. The summed E-state index contributed by atoms with van der Waals surface area (Å²) in [6.45, 7) is 6.09. The first kappa shape index (κ1) is 12.1. The van der Waals surface area contributed by atoms with Gasteiger partial charge >= 0.3 is 0 Å². The molecule has 17 heavy (non-hydrogen) atoms. The smallest absolute Gasteiger partial charge is 0.200 e. The molecule has 4 heteroatoms. The lowest BCUT2D eigenvalue weighted by Crippen LogP contribution is -2.14. The van der Waals surface area contributed by atoms with Gasteiger partial charge in [-0.1, -0.05) is 26.8 Å². The van der Waals surface area contributed by atoms with Gasteiger partial charge in [0.05, 0.1) is 12.6 Å². The Bertz CT molecular complexity index is 526. The lowest BCUT2D eigenvalue weighted by atomic mass is 9.97. The van der Waals surface area contributed by atoms with Crippen LogP contribution < -0.4 is 5.73 Å². The third kappa shape index (κ3) is 2.33. The van der Waals surface area contributed by atoms with Crippen molar-refractivity contribution in [3.8, 4) is 0 Å². The van der Waals surface area contributed by atoms with E-state index in [1.165, 1.54) is 0 Å². The van der Waals surface area contributed by atoms with Gasteiger partial charge in [0, 0.05) is 5.41 Å². The molecule has 1 atom stereocenters. The van der Waals surface area contributed by atoms with Crippen LogP contribution in [0.5, 0.6) is 0 Å². The van der Waals surface area contributed by atoms with Crippen molar-refractivity contribution in [2.75, 3.05) is 6.61 Å². The molecule has 1 heterocycles. The van der Waals surface area contributed by atoms with Crippen LogP contribution >= 0.6 is 0 Å². The number of aliphatic hydroxyl groups is 1. The van der Waals surface area contributed by atoms with Crippen molar-refractivity contribution in [1.82, 2.24) is 4.98 Å². The van der Waals surface area contributed by atoms with Crippen molar-refractivity contribution in [2.24, 2.45) is 5.73 Å². The molecule has 0 aliphatic heterocycles. The number of hydrogen-bond donors (Lipinski definition) is 2. The van der Waals surface area contributed by atoms with Crippen molar-refractivity contribution in [3.63, 3.8) is 0 Å². The summed E-state index contributed by atoms with van der Waals surface area (Å²) in [6.07, 6.45) is 0. The minimum atomic E-state index is -0.366. The summed E-state index contributed by atoms with van der Waals surface area (Å²) in [5.41, 5.74) is 8.07. The highest BCUT2D eigenvalue weighted by Gasteiger charge is 2.21. The Morgan fingerprint density at radius 3 is 2.71 bits per heavy atom. The van der Waals surface area contributed by atoms with E-state index < -0.39 is 0 Å². The molecule has 1 aromatic heterocycles. The molecule has 2 aromatic rings. The number of aliphatic hydroxyl groups excluding tert-OH is 1. The summed E-state index contributed by atoms with van der Waals surface area (Å²) >= 11 is 0. The first-order valence-electron chi connectivity index (χ1n) is 5.69. The van der Waals surface area contributed by atoms with Gasteiger partial charge in [-0.25, -0.2) is 4.98 Å². The Kier molecular flexibility index (Phi) is 2.93. The zero-order chi connectivity index (χ0) is 12.6. The summed E-state index contributed by atoms with van der Waals surface area (Å²) in [6, 6.07) is 5.22. The molecule has 2 rings (SSSR count).